The molecule has 0 saturated carbocycles. The summed E-state index contributed by atoms with van der Waals surface area (Å²) in [7, 11) is 3.90. The number of amides is 3. The molecule has 0 aliphatic rings. The molecule has 0 saturated heterocycles. The molecule has 5 aromatic rings. The van der Waals surface area contributed by atoms with Crippen molar-refractivity contribution in [3.05, 3.63) is 125 Å². The first-order valence-electron chi connectivity index (χ1n) is 15.6. The van der Waals surface area contributed by atoms with Gasteiger partial charge in [-0.2, -0.15) is 0 Å². The SMILES string of the molecule is CCOc1ccc(-c2csc(NC(=O)C(C)Sc3ccc(NC(=O)/C(=C/c4ccc(N(C)C)cc4)NC(=O)c4ccccc4)cc3)n2)cc1. The average Bonchev–Trinajstić information content (AvgIpc) is 3.58. The fourth-order valence-electron chi connectivity index (χ4n) is 4.61. The number of ether oxygens (including phenoxy) is 1. The maximum atomic E-state index is 13.4. The van der Waals surface area contributed by atoms with E-state index in [0.717, 1.165) is 33.2 Å². The van der Waals surface area contributed by atoms with E-state index in [1.54, 1.807) is 42.5 Å². The van der Waals surface area contributed by atoms with Crippen molar-refractivity contribution in [2.75, 3.05) is 36.2 Å². The van der Waals surface area contributed by atoms with Gasteiger partial charge in [0.2, 0.25) is 5.91 Å². The fraction of sp³-hybridized carbons (Fsp3) is 0.158. The predicted molar refractivity (Wildman–Crippen MR) is 200 cm³/mol. The van der Waals surface area contributed by atoms with Gasteiger partial charge in [0.25, 0.3) is 11.8 Å². The first-order chi connectivity index (χ1) is 23.7. The Morgan fingerprint density at radius 3 is 2.24 bits per heavy atom. The zero-order valence-electron chi connectivity index (χ0n) is 27.6. The Morgan fingerprint density at radius 1 is 0.898 bits per heavy atom. The summed E-state index contributed by atoms with van der Waals surface area (Å²) in [6.07, 6.45) is 1.64. The molecule has 49 heavy (non-hydrogen) atoms. The van der Waals surface area contributed by atoms with Gasteiger partial charge in [-0.25, -0.2) is 4.98 Å². The third-order valence-corrected chi connectivity index (χ3v) is 9.11. The molecule has 1 heterocycles. The summed E-state index contributed by atoms with van der Waals surface area (Å²) in [5.41, 5.74) is 4.57. The van der Waals surface area contributed by atoms with Crippen molar-refractivity contribution in [3.8, 4) is 17.0 Å². The molecule has 3 N–H and O–H groups in total. The maximum Gasteiger partial charge on any atom is 0.272 e. The van der Waals surface area contributed by atoms with Gasteiger partial charge < -0.3 is 25.6 Å². The molecule has 11 heteroatoms. The zero-order chi connectivity index (χ0) is 34.8. The number of nitrogens with one attached hydrogen (secondary N) is 3. The fourth-order valence-corrected chi connectivity index (χ4v) is 6.20. The van der Waals surface area contributed by atoms with Gasteiger partial charge in [0.15, 0.2) is 5.13 Å². The molecule has 5 rings (SSSR count). The van der Waals surface area contributed by atoms with Gasteiger partial charge in [-0.15, -0.1) is 23.1 Å². The Bertz CT molecular complexity index is 1910. The number of benzene rings is 4. The van der Waals surface area contributed by atoms with E-state index >= 15 is 0 Å². The van der Waals surface area contributed by atoms with Gasteiger partial charge in [-0.1, -0.05) is 30.3 Å². The number of aromatic nitrogens is 1. The minimum Gasteiger partial charge on any atom is -0.494 e. The van der Waals surface area contributed by atoms with E-state index in [9.17, 15) is 14.4 Å². The highest BCUT2D eigenvalue weighted by atomic mass is 32.2. The highest BCUT2D eigenvalue weighted by Crippen LogP contribution is 2.29. The second-order valence-corrected chi connectivity index (χ2v) is 13.4. The Morgan fingerprint density at radius 2 is 1.59 bits per heavy atom. The van der Waals surface area contributed by atoms with Crippen molar-refractivity contribution >= 4 is 63.4 Å². The molecular weight excluding hydrogens is 655 g/mol. The van der Waals surface area contributed by atoms with Crippen LogP contribution in [0.2, 0.25) is 0 Å². The summed E-state index contributed by atoms with van der Waals surface area (Å²) < 4.78 is 5.50. The number of hydrogen-bond donors (Lipinski definition) is 3. The van der Waals surface area contributed by atoms with E-state index in [-0.39, 0.29) is 11.6 Å². The molecule has 9 nitrogen and oxygen atoms in total. The van der Waals surface area contributed by atoms with Crippen LogP contribution in [0.15, 0.2) is 119 Å². The summed E-state index contributed by atoms with van der Waals surface area (Å²) in [5, 5.41) is 10.6. The third-order valence-electron chi connectivity index (χ3n) is 7.24. The van der Waals surface area contributed by atoms with Crippen LogP contribution in [0.5, 0.6) is 5.75 Å². The number of carbonyl (C=O) groups is 3. The Balaban J connectivity index is 1.20. The second-order valence-electron chi connectivity index (χ2n) is 11.1. The maximum absolute atomic E-state index is 13.4. The van der Waals surface area contributed by atoms with Gasteiger partial charge in [-0.05, 0) is 98.3 Å². The number of anilines is 3. The first-order valence-corrected chi connectivity index (χ1v) is 17.4. The summed E-state index contributed by atoms with van der Waals surface area (Å²) >= 11 is 2.76. The van der Waals surface area contributed by atoms with Crippen molar-refractivity contribution in [1.82, 2.24) is 10.3 Å². The van der Waals surface area contributed by atoms with Gasteiger partial charge in [0.1, 0.15) is 11.4 Å². The molecular formula is C38H37N5O4S2. The topological polar surface area (TPSA) is 113 Å². The van der Waals surface area contributed by atoms with Crippen LogP contribution in [0.1, 0.15) is 29.8 Å². The van der Waals surface area contributed by atoms with Crippen LogP contribution < -0.4 is 25.6 Å². The highest BCUT2D eigenvalue weighted by molar-refractivity contribution is 8.00. The molecule has 250 valence electrons. The van der Waals surface area contributed by atoms with Crippen LogP contribution >= 0.6 is 23.1 Å². The molecule has 0 spiro atoms. The van der Waals surface area contributed by atoms with Crippen LogP contribution in [0.25, 0.3) is 17.3 Å². The summed E-state index contributed by atoms with van der Waals surface area (Å²) in [5.74, 6) is -0.233. The molecule has 0 bridgehead atoms. The van der Waals surface area contributed by atoms with Crippen LogP contribution in [0, 0.1) is 0 Å². The summed E-state index contributed by atoms with van der Waals surface area (Å²) in [4.78, 5) is 46.8. The Labute approximate surface area is 294 Å². The number of nitrogens with zero attached hydrogens (tertiary/aromatic N) is 2. The molecule has 0 aliphatic carbocycles. The van der Waals surface area contributed by atoms with E-state index in [1.807, 2.05) is 105 Å². The Hall–Kier alpha value is -5.39. The van der Waals surface area contributed by atoms with Crippen molar-refractivity contribution in [2.45, 2.75) is 24.0 Å². The molecule has 1 aromatic heterocycles. The average molecular weight is 692 g/mol. The standard InChI is InChI=1S/C38H37N5O4S2/c1-5-47-31-19-13-27(14-20-31)34-24-48-38(41-34)42-35(44)25(2)49-32-21-15-29(16-22-32)39-37(46)33(40-36(45)28-9-7-6-8-10-28)23-26-11-17-30(18-12-26)43(3)4/h6-25H,5H2,1-4H3,(H,39,46)(H,40,45)(H,41,42,44)/b33-23-. The van der Waals surface area contributed by atoms with Crippen molar-refractivity contribution < 1.29 is 19.1 Å². The van der Waals surface area contributed by atoms with Crippen LogP contribution in [0.3, 0.4) is 0 Å². The number of thioether (sulfide) groups is 1. The van der Waals surface area contributed by atoms with E-state index in [1.165, 1.54) is 23.1 Å². The lowest BCUT2D eigenvalue weighted by molar-refractivity contribution is -0.115. The second kappa shape index (κ2) is 16.6. The largest absolute Gasteiger partial charge is 0.494 e. The highest BCUT2D eigenvalue weighted by Gasteiger charge is 2.18. The van der Waals surface area contributed by atoms with Crippen LogP contribution in [-0.2, 0) is 9.59 Å². The lowest BCUT2D eigenvalue weighted by Crippen LogP contribution is -2.30. The van der Waals surface area contributed by atoms with E-state index in [0.29, 0.717) is 23.0 Å². The molecule has 0 fully saturated rings. The normalized spacial score (nSPS) is 11.7. The number of thiazole rings is 1. The monoisotopic (exact) mass is 691 g/mol. The summed E-state index contributed by atoms with van der Waals surface area (Å²) in [6, 6.07) is 31.3. The van der Waals surface area contributed by atoms with Gasteiger partial charge in [0, 0.05) is 46.9 Å². The molecule has 0 radical (unpaired) electrons. The van der Waals surface area contributed by atoms with E-state index in [4.69, 9.17) is 4.74 Å². The molecule has 0 aliphatic heterocycles. The molecule has 4 aromatic carbocycles. The van der Waals surface area contributed by atoms with Gasteiger partial charge >= 0.3 is 0 Å². The lowest BCUT2D eigenvalue weighted by Gasteiger charge is -2.14. The number of hydrogen-bond acceptors (Lipinski definition) is 8. The van der Waals surface area contributed by atoms with Crippen LogP contribution in [0.4, 0.5) is 16.5 Å². The Kier molecular flexibility index (Phi) is 11.9. The number of carbonyl (C=O) groups excluding carboxylic acids is 3. The molecule has 3 amide bonds. The summed E-state index contributed by atoms with van der Waals surface area (Å²) in [6.45, 7) is 4.37. The zero-order valence-corrected chi connectivity index (χ0v) is 29.2. The van der Waals surface area contributed by atoms with Crippen molar-refractivity contribution in [2.24, 2.45) is 0 Å². The molecule has 1 unspecified atom stereocenters. The number of rotatable bonds is 13. The minimum atomic E-state index is -0.470. The van der Waals surface area contributed by atoms with E-state index in [2.05, 4.69) is 20.9 Å². The van der Waals surface area contributed by atoms with Crippen molar-refractivity contribution in [3.63, 3.8) is 0 Å². The minimum absolute atomic E-state index is 0.100. The first kappa shape index (κ1) is 34.9. The van der Waals surface area contributed by atoms with Crippen molar-refractivity contribution in [1.29, 1.82) is 0 Å². The quantitative estimate of drug-likeness (QED) is 0.0853. The van der Waals surface area contributed by atoms with E-state index < -0.39 is 17.1 Å². The third kappa shape index (κ3) is 9.82. The smallest absolute Gasteiger partial charge is 0.272 e. The van der Waals surface area contributed by atoms with Gasteiger partial charge in [0.05, 0.1) is 17.6 Å². The molecule has 1 atom stereocenters. The van der Waals surface area contributed by atoms with Crippen LogP contribution in [-0.4, -0.2) is 48.7 Å². The predicted octanol–water partition coefficient (Wildman–Crippen LogP) is 7.80. The lowest BCUT2D eigenvalue weighted by atomic mass is 10.1. The van der Waals surface area contributed by atoms with Gasteiger partial charge in [-0.3, -0.25) is 14.4 Å².